The predicted octanol–water partition coefficient (Wildman–Crippen LogP) is 2.96. The van der Waals surface area contributed by atoms with E-state index in [2.05, 4.69) is 5.32 Å². The molecule has 0 bridgehead atoms. The molecule has 29 heavy (non-hydrogen) atoms. The molecule has 0 saturated heterocycles. The first-order valence-electron chi connectivity index (χ1n) is 9.23. The molecule has 3 N–H and O–H groups in total. The standard InChI is InChI=1S/C21H19F3N2O3/c22-21(23,24)15-3-1-2-14(9-15)20(6-7-20)18(27)17-11-26-10-13-5-4-12(19(25)28)8-16(13)29-17/h1-5,8-9,17,26H,6-7,10-11H2,(H2,25,28). The number of benzene rings is 2. The molecule has 5 nitrogen and oxygen atoms in total. The predicted molar refractivity (Wildman–Crippen MR) is 98.4 cm³/mol. The molecular weight excluding hydrogens is 385 g/mol. The maximum Gasteiger partial charge on any atom is 0.416 e. The summed E-state index contributed by atoms with van der Waals surface area (Å²) < 4.78 is 45.2. The number of nitrogens with two attached hydrogens (primary N) is 1. The quantitative estimate of drug-likeness (QED) is 0.821. The van der Waals surface area contributed by atoms with E-state index in [1.807, 2.05) is 0 Å². The molecule has 0 spiro atoms. The second-order valence-electron chi connectivity index (χ2n) is 7.45. The highest BCUT2D eigenvalue weighted by Gasteiger charge is 2.54. The fraction of sp³-hybridized carbons (Fsp3) is 0.333. The molecule has 2 aromatic carbocycles. The summed E-state index contributed by atoms with van der Waals surface area (Å²) in [6.45, 7) is 0.662. The normalized spacial score (nSPS) is 20.2. The lowest BCUT2D eigenvalue weighted by atomic mass is 9.87. The molecule has 0 radical (unpaired) electrons. The molecule has 1 amide bonds. The lowest BCUT2D eigenvalue weighted by Crippen LogP contribution is -2.42. The SMILES string of the molecule is NC(=O)c1ccc2c(c1)OC(C(=O)C1(c3cccc(C(F)(F)F)c3)CC1)CNC2. The van der Waals surface area contributed by atoms with E-state index in [-0.39, 0.29) is 17.9 Å². The van der Waals surface area contributed by atoms with Gasteiger partial charge in [0.05, 0.1) is 11.0 Å². The van der Waals surface area contributed by atoms with E-state index >= 15 is 0 Å². The number of amides is 1. The van der Waals surface area contributed by atoms with Crippen molar-refractivity contribution in [1.29, 1.82) is 0 Å². The van der Waals surface area contributed by atoms with Crippen LogP contribution >= 0.6 is 0 Å². The summed E-state index contributed by atoms with van der Waals surface area (Å²) in [5.41, 5.74) is 4.96. The van der Waals surface area contributed by atoms with Crippen molar-refractivity contribution >= 4 is 11.7 Å². The van der Waals surface area contributed by atoms with Crippen LogP contribution < -0.4 is 15.8 Å². The molecule has 1 saturated carbocycles. The van der Waals surface area contributed by atoms with Crippen molar-refractivity contribution in [3.63, 3.8) is 0 Å². The zero-order chi connectivity index (χ0) is 20.8. The first-order chi connectivity index (χ1) is 13.7. The van der Waals surface area contributed by atoms with Gasteiger partial charge in [0.25, 0.3) is 0 Å². The molecule has 2 aromatic rings. The Labute approximate surface area is 165 Å². The van der Waals surface area contributed by atoms with Crippen molar-refractivity contribution in [2.24, 2.45) is 5.73 Å². The zero-order valence-corrected chi connectivity index (χ0v) is 15.4. The molecule has 1 atom stereocenters. The Morgan fingerprint density at radius 1 is 1.14 bits per heavy atom. The summed E-state index contributed by atoms with van der Waals surface area (Å²) in [5, 5.41) is 3.13. The third-order valence-corrected chi connectivity index (χ3v) is 5.52. The molecule has 152 valence electrons. The van der Waals surface area contributed by atoms with E-state index in [0.29, 0.717) is 30.7 Å². The monoisotopic (exact) mass is 404 g/mol. The van der Waals surface area contributed by atoms with Crippen LogP contribution in [0.15, 0.2) is 42.5 Å². The van der Waals surface area contributed by atoms with E-state index < -0.39 is 29.2 Å². The summed E-state index contributed by atoms with van der Waals surface area (Å²) in [5.74, 6) is -0.495. The zero-order valence-electron chi connectivity index (χ0n) is 15.4. The first-order valence-corrected chi connectivity index (χ1v) is 9.23. The fourth-order valence-corrected chi connectivity index (χ4v) is 3.75. The number of rotatable bonds is 4. The van der Waals surface area contributed by atoms with Crippen molar-refractivity contribution in [3.8, 4) is 5.75 Å². The van der Waals surface area contributed by atoms with E-state index in [9.17, 15) is 22.8 Å². The molecule has 1 fully saturated rings. The molecule has 1 heterocycles. The average molecular weight is 404 g/mol. The van der Waals surface area contributed by atoms with Gasteiger partial charge in [0.2, 0.25) is 5.91 Å². The van der Waals surface area contributed by atoms with E-state index in [0.717, 1.165) is 17.7 Å². The Morgan fingerprint density at radius 2 is 1.90 bits per heavy atom. The minimum atomic E-state index is -4.47. The van der Waals surface area contributed by atoms with Gasteiger partial charge in [0.15, 0.2) is 11.9 Å². The number of halogens is 3. The fourth-order valence-electron chi connectivity index (χ4n) is 3.75. The van der Waals surface area contributed by atoms with Crippen LogP contribution in [0.4, 0.5) is 13.2 Å². The maximum atomic E-state index is 13.3. The number of hydrogen-bond acceptors (Lipinski definition) is 4. The van der Waals surface area contributed by atoms with Crippen LogP contribution in [-0.4, -0.2) is 24.3 Å². The highest BCUT2D eigenvalue weighted by Crippen LogP contribution is 2.51. The lowest BCUT2D eigenvalue weighted by Gasteiger charge is -2.23. The number of ketones is 1. The van der Waals surface area contributed by atoms with Crippen LogP contribution in [0.3, 0.4) is 0 Å². The smallest absolute Gasteiger partial charge is 0.416 e. The largest absolute Gasteiger partial charge is 0.481 e. The van der Waals surface area contributed by atoms with Crippen LogP contribution in [0.1, 0.15) is 39.9 Å². The highest BCUT2D eigenvalue weighted by atomic mass is 19.4. The first kappa shape index (κ1) is 19.4. The number of ether oxygens (including phenoxy) is 1. The second-order valence-corrected chi connectivity index (χ2v) is 7.45. The third kappa shape index (κ3) is 3.60. The average Bonchev–Trinajstić information content (AvgIpc) is 3.50. The number of carbonyl (C=O) groups is 2. The number of hydrogen-bond donors (Lipinski definition) is 2. The van der Waals surface area contributed by atoms with Crippen LogP contribution in [0, 0.1) is 0 Å². The minimum Gasteiger partial charge on any atom is -0.481 e. The summed E-state index contributed by atoms with van der Waals surface area (Å²) >= 11 is 0. The van der Waals surface area contributed by atoms with E-state index in [1.54, 1.807) is 18.2 Å². The van der Waals surface area contributed by atoms with Crippen molar-refractivity contribution in [2.45, 2.75) is 37.1 Å². The Hall–Kier alpha value is -2.87. The summed E-state index contributed by atoms with van der Waals surface area (Å²) in [6.07, 6.45) is -4.40. The van der Waals surface area contributed by atoms with Gasteiger partial charge >= 0.3 is 6.18 Å². The van der Waals surface area contributed by atoms with Crippen LogP contribution in [-0.2, 0) is 22.9 Å². The van der Waals surface area contributed by atoms with E-state index in [1.165, 1.54) is 12.1 Å². The lowest BCUT2D eigenvalue weighted by molar-refractivity contribution is -0.138. The number of fused-ring (bicyclic) bond motifs is 1. The van der Waals surface area contributed by atoms with Crippen LogP contribution in [0.5, 0.6) is 5.75 Å². The molecule has 1 aliphatic carbocycles. The van der Waals surface area contributed by atoms with Gasteiger partial charge in [-0.25, -0.2) is 0 Å². The van der Waals surface area contributed by atoms with Gasteiger partial charge in [0, 0.05) is 24.2 Å². The molecule has 4 rings (SSSR count). The van der Waals surface area contributed by atoms with Gasteiger partial charge in [-0.2, -0.15) is 13.2 Å². The van der Waals surface area contributed by atoms with Crippen molar-refractivity contribution in [2.75, 3.05) is 6.54 Å². The molecule has 1 unspecified atom stereocenters. The van der Waals surface area contributed by atoms with Crippen LogP contribution in [0.2, 0.25) is 0 Å². The molecule has 1 aliphatic heterocycles. The van der Waals surface area contributed by atoms with Crippen molar-refractivity contribution < 1.29 is 27.5 Å². The van der Waals surface area contributed by atoms with Crippen LogP contribution in [0.25, 0.3) is 0 Å². The highest BCUT2D eigenvalue weighted by molar-refractivity contribution is 5.97. The Bertz CT molecular complexity index is 983. The molecule has 2 aliphatic rings. The minimum absolute atomic E-state index is 0.222. The van der Waals surface area contributed by atoms with Gasteiger partial charge in [-0.05, 0) is 36.6 Å². The Balaban J connectivity index is 1.63. The van der Waals surface area contributed by atoms with Gasteiger partial charge in [-0.1, -0.05) is 24.3 Å². The number of nitrogens with one attached hydrogen (secondary N) is 1. The van der Waals surface area contributed by atoms with Gasteiger partial charge in [0.1, 0.15) is 5.75 Å². The molecular formula is C21H19F3N2O3. The number of Topliss-reactive ketones (excluding diaryl/α,β-unsaturated/α-hetero) is 1. The number of alkyl halides is 3. The number of carbonyl (C=O) groups excluding carboxylic acids is 2. The van der Waals surface area contributed by atoms with Crippen molar-refractivity contribution in [1.82, 2.24) is 5.32 Å². The topological polar surface area (TPSA) is 81.4 Å². The van der Waals surface area contributed by atoms with E-state index in [4.69, 9.17) is 10.5 Å². The summed E-state index contributed by atoms with van der Waals surface area (Å²) in [4.78, 5) is 24.7. The van der Waals surface area contributed by atoms with Crippen molar-refractivity contribution in [3.05, 3.63) is 64.7 Å². The second kappa shape index (κ2) is 6.88. The van der Waals surface area contributed by atoms with Gasteiger partial charge in [-0.15, -0.1) is 0 Å². The van der Waals surface area contributed by atoms with Gasteiger partial charge in [-0.3, -0.25) is 9.59 Å². The third-order valence-electron chi connectivity index (χ3n) is 5.52. The summed E-state index contributed by atoms with van der Waals surface area (Å²) in [6, 6.07) is 9.71. The number of primary amides is 1. The summed E-state index contributed by atoms with van der Waals surface area (Å²) in [7, 11) is 0. The maximum absolute atomic E-state index is 13.3. The Morgan fingerprint density at radius 3 is 2.55 bits per heavy atom. The Kier molecular flexibility index (Phi) is 4.61. The van der Waals surface area contributed by atoms with Gasteiger partial charge < -0.3 is 15.8 Å². The molecule has 0 aromatic heterocycles. The molecule has 8 heteroatoms.